The summed E-state index contributed by atoms with van der Waals surface area (Å²) in [5.74, 6) is -0.689. The van der Waals surface area contributed by atoms with Crippen molar-refractivity contribution >= 4 is 23.2 Å². The van der Waals surface area contributed by atoms with Crippen LogP contribution in [0.25, 0.3) is 0 Å². The van der Waals surface area contributed by atoms with Gasteiger partial charge in [0.05, 0.1) is 12.2 Å². The third kappa shape index (κ3) is 3.26. The molecule has 1 unspecified atom stereocenters. The SMILES string of the molecule is CCC1CC(=O)N(CC(=O)Nc2cc(N)ccc2F)C1. The smallest absolute Gasteiger partial charge is 0.244 e. The van der Waals surface area contributed by atoms with Crippen LogP contribution in [0, 0.1) is 11.7 Å². The fourth-order valence-electron chi connectivity index (χ4n) is 2.28. The van der Waals surface area contributed by atoms with E-state index in [4.69, 9.17) is 5.73 Å². The molecule has 108 valence electrons. The molecule has 1 aromatic carbocycles. The van der Waals surface area contributed by atoms with Crippen LogP contribution >= 0.6 is 0 Å². The summed E-state index contributed by atoms with van der Waals surface area (Å²) in [5.41, 5.74) is 5.94. The van der Waals surface area contributed by atoms with Crippen molar-refractivity contribution in [2.75, 3.05) is 24.1 Å². The highest BCUT2D eigenvalue weighted by Crippen LogP contribution is 2.21. The zero-order chi connectivity index (χ0) is 14.7. The van der Waals surface area contributed by atoms with Gasteiger partial charge in [0.2, 0.25) is 11.8 Å². The Morgan fingerprint density at radius 3 is 2.95 bits per heavy atom. The Bertz CT molecular complexity index is 533. The molecule has 2 rings (SSSR count). The number of rotatable bonds is 4. The molecule has 20 heavy (non-hydrogen) atoms. The molecular weight excluding hydrogens is 261 g/mol. The van der Waals surface area contributed by atoms with Crippen molar-refractivity contribution in [3.8, 4) is 0 Å². The van der Waals surface area contributed by atoms with Gasteiger partial charge in [-0.05, 0) is 24.1 Å². The Kier molecular flexibility index (Phi) is 4.22. The van der Waals surface area contributed by atoms with Crippen molar-refractivity contribution in [1.82, 2.24) is 4.90 Å². The summed E-state index contributed by atoms with van der Waals surface area (Å²) >= 11 is 0. The molecule has 0 saturated carbocycles. The van der Waals surface area contributed by atoms with E-state index in [1.165, 1.54) is 23.1 Å². The molecule has 0 radical (unpaired) electrons. The summed E-state index contributed by atoms with van der Waals surface area (Å²) in [7, 11) is 0. The van der Waals surface area contributed by atoms with Gasteiger partial charge in [-0.25, -0.2) is 4.39 Å². The Balaban J connectivity index is 1.96. The number of likely N-dealkylation sites (tertiary alicyclic amines) is 1. The van der Waals surface area contributed by atoms with Crippen LogP contribution in [0.5, 0.6) is 0 Å². The molecule has 0 aromatic heterocycles. The lowest BCUT2D eigenvalue weighted by molar-refractivity contribution is -0.131. The second kappa shape index (κ2) is 5.90. The van der Waals surface area contributed by atoms with Crippen molar-refractivity contribution < 1.29 is 14.0 Å². The largest absolute Gasteiger partial charge is 0.399 e. The molecule has 0 aliphatic carbocycles. The van der Waals surface area contributed by atoms with Crippen LogP contribution in [0.4, 0.5) is 15.8 Å². The number of benzene rings is 1. The highest BCUT2D eigenvalue weighted by Gasteiger charge is 2.29. The minimum Gasteiger partial charge on any atom is -0.399 e. The number of anilines is 2. The van der Waals surface area contributed by atoms with E-state index in [0.29, 0.717) is 24.6 Å². The zero-order valence-electron chi connectivity index (χ0n) is 11.4. The lowest BCUT2D eigenvalue weighted by Gasteiger charge is -2.16. The third-order valence-corrected chi connectivity index (χ3v) is 3.47. The number of carbonyl (C=O) groups excluding carboxylic acids is 2. The summed E-state index contributed by atoms with van der Waals surface area (Å²) in [6.45, 7) is 2.55. The van der Waals surface area contributed by atoms with Gasteiger partial charge in [-0.3, -0.25) is 9.59 Å². The van der Waals surface area contributed by atoms with Crippen LogP contribution in [-0.2, 0) is 9.59 Å². The molecule has 1 aliphatic heterocycles. The van der Waals surface area contributed by atoms with E-state index in [-0.39, 0.29) is 18.1 Å². The standard InChI is InChI=1S/C14H18FN3O2/c1-2-9-5-14(20)18(7-9)8-13(19)17-12-6-10(16)3-4-11(12)15/h3-4,6,9H,2,5,7-8,16H2,1H3,(H,17,19). The van der Waals surface area contributed by atoms with Gasteiger partial charge < -0.3 is 16.0 Å². The minimum absolute atomic E-state index is 0.0277. The molecule has 1 aliphatic rings. The molecule has 2 amide bonds. The molecule has 1 fully saturated rings. The van der Waals surface area contributed by atoms with Crippen LogP contribution in [0.15, 0.2) is 18.2 Å². The van der Waals surface area contributed by atoms with Crippen LogP contribution < -0.4 is 11.1 Å². The lowest BCUT2D eigenvalue weighted by Crippen LogP contribution is -2.34. The molecular formula is C14H18FN3O2. The van der Waals surface area contributed by atoms with Gasteiger partial charge in [-0.15, -0.1) is 0 Å². The number of amides is 2. The molecule has 0 bridgehead atoms. The van der Waals surface area contributed by atoms with E-state index in [0.717, 1.165) is 6.42 Å². The first-order valence-electron chi connectivity index (χ1n) is 6.62. The topological polar surface area (TPSA) is 75.4 Å². The van der Waals surface area contributed by atoms with E-state index in [9.17, 15) is 14.0 Å². The van der Waals surface area contributed by atoms with E-state index in [1.807, 2.05) is 6.92 Å². The van der Waals surface area contributed by atoms with Crippen LogP contribution in [0.2, 0.25) is 0 Å². The van der Waals surface area contributed by atoms with Gasteiger partial charge in [0, 0.05) is 18.7 Å². The van der Waals surface area contributed by atoms with Crippen molar-refractivity contribution in [1.29, 1.82) is 0 Å². The second-order valence-corrected chi connectivity index (χ2v) is 5.04. The maximum absolute atomic E-state index is 13.5. The molecule has 0 spiro atoms. The van der Waals surface area contributed by atoms with E-state index >= 15 is 0 Å². The molecule has 1 aromatic rings. The van der Waals surface area contributed by atoms with Gasteiger partial charge >= 0.3 is 0 Å². The van der Waals surface area contributed by atoms with Crippen molar-refractivity contribution in [2.45, 2.75) is 19.8 Å². The summed E-state index contributed by atoms with van der Waals surface area (Å²) in [5, 5.41) is 2.44. The lowest BCUT2D eigenvalue weighted by atomic mass is 10.1. The van der Waals surface area contributed by atoms with Gasteiger partial charge in [0.1, 0.15) is 5.82 Å². The molecule has 3 N–H and O–H groups in total. The van der Waals surface area contributed by atoms with Gasteiger partial charge in [-0.1, -0.05) is 13.3 Å². The predicted molar refractivity (Wildman–Crippen MR) is 74.4 cm³/mol. The van der Waals surface area contributed by atoms with Crippen molar-refractivity contribution in [3.63, 3.8) is 0 Å². The summed E-state index contributed by atoms with van der Waals surface area (Å²) in [4.78, 5) is 25.1. The average Bonchev–Trinajstić information content (AvgIpc) is 2.74. The number of carbonyl (C=O) groups is 2. The van der Waals surface area contributed by atoms with Gasteiger partial charge in [0.25, 0.3) is 0 Å². The number of nitrogens with two attached hydrogens (primary N) is 1. The number of halogens is 1. The van der Waals surface area contributed by atoms with Gasteiger partial charge in [0.15, 0.2) is 0 Å². The van der Waals surface area contributed by atoms with Gasteiger partial charge in [-0.2, -0.15) is 0 Å². The van der Waals surface area contributed by atoms with E-state index in [1.54, 1.807) is 0 Å². The maximum Gasteiger partial charge on any atom is 0.244 e. The number of nitrogens with zero attached hydrogens (tertiary/aromatic N) is 1. The summed E-state index contributed by atoms with van der Waals surface area (Å²) in [6.07, 6.45) is 1.39. The van der Waals surface area contributed by atoms with Crippen LogP contribution in [-0.4, -0.2) is 29.8 Å². The van der Waals surface area contributed by atoms with Crippen LogP contribution in [0.3, 0.4) is 0 Å². The number of hydrogen-bond donors (Lipinski definition) is 2. The first-order chi connectivity index (χ1) is 9.49. The molecule has 1 atom stereocenters. The zero-order valence-corrected chi connectivity index (χ0v) is 11.4. The minimum atomic E-state index is -0.549. The Labute approximate surface area is 116 Å². The number of nitrogens with one attached hydrogen (secondary N) is 1. The fraction of sp³-hybridized carbons (Fsp3) is 0.429. The quantitative estimate of drug-likeness (QED) is 0.822. The Hall–Kier alpha value is -2.11. The third-order valence-electron chi connectivity index (χ3n) is 3.47. The normalized spacial score (nSPS) is 18.4. The van der Waals surface area contributed by atoms with Crippen molar-refractivity contribution in [3.05, 3.63) is 24.0 Å². The Morgan fingerprint density at radius 1 is 1.55 bits per heavy atom. The van der Waals surface area contributed by atoms with Crippen LogP contribution in [0.1, 0.15) is 19.8 Å². The molecule has 1 saturated heterocycles. The highest BCUT2D eigenvalue weighted by atomic mass is 19.1. The number of hydrogen-bond acceptors (Lipinski definition) is 3. The summed E-state index contributed by atoms with van der Waals surface area (Å²) in [6, 6.07) is 3.97. The fourth-order valence-corrected chi connectivity index (χ4v) is 2.28. The number of nitrogen functional groups attached to an aromatic ring is 1. The summed E-state index contributed by atoms with van der Waals surface area (Å²) < 4.78 is 13.5. The predicted octanol–water partition coefficient (Wildman–Crippen LogP) is 1.60. The van der Waals surface area contributed by atoms with E-state index in [2.05, 4.69) is 5.32 Å². The first-order valence-corrected chi connectivity index (χ1v) is 6.62. The highest BCUT2D eigenvalue weighted by molar-refractivity contribution is 5.95. The van der Waals surface area contributed by atoms with E-state index < -0.39 is 11.7 Å². The first kappa shape index (κ1) is 14.3. The monoisotopic (exact) mass is 279 g/mol. The van der Waals surface area contributed by atoms with Crippen molar-refractivity contribution in [2.24, 2.45) is 5.92 Å². The molecule has 1 heterocycles. The maximum atomic E-state index is 13.5. The molecule has 6 heteroatoms. The molecule has 5 nitrogen and oxygen atoms in total. The second-order valence-electron chi connectivity index (χ2n) is 5.04. The average molecular weight is 279 g/mol. The Morgan fingerprint density at radius 2 is 2.30 bits per heavy atom.